The molecule has 0 aliphatic rings. The van der Waals surface area contributed by atoms with E-state index in [1.807, 2.05) is 6.92 Å². The van der Waals surface area contributed by atoms with Crippen LogP contribution >= 0.6 is 0 Å². The maximum Gasteiger partial charge on any atom is 0.0765 e. The second kappa shape index (κ2) is 14.8. The van der Waals surface area contributed by atoms with Crippen LogP contribution in [0.15, 0.2) is 0 Å². The lowest BCUT2D eigenvalue weighted by Gasteiger charge is -2.23. The molecular weight excluding hydrogens is 262 g/mol. The van der Waals surface area contributed by atoms with Crippen LogP contribution in [0.25, 0.3) is 0 Å². The molecule has 0 spiro atoms. The van der Waals surface area contributed by atoms with Gasteiger partial charge in [-0.3, -0.25) is 0 Å². The highest BCUT2D eigenvalue weighted by atomic mass is 16.5. The van der Waals surface area contributed by atoms with Gasteiger partial charge in [-0.2, -0.15) is 0 Å². The predicted octanol–water partition coefficient (Wildman–Crippen LogP) is 4.28. The third kappa shape index (κ3) is 16.1. The van der Waals surface area contributed by atoms with Gasteiger partial charge in [0.1, 0.15) is 0 Å². The molecule has 21 heavy (non-hydrogen) atoms. The van der Waals surface area contributed by atoms with Crippen LogP contribution in [0.5, 0.6) is 0 Å². The van der Waals surface area contributed by atoms with Crippen molar-refractivity contribution in [3.05, 3.63) is 0 Å². The Morgan fingerprint density at radius 2 is 1.43 bits per heavy atom. The Morgan fingerprint density at radius 1 is 0.905 bits per heavy atom. The first-order valence-electron chi connectivity index (χ1n) is 9.04. The zero-order chi connectivity index (χ0) is 15.8. The first kappa shape index (κ1) is 20.9. The smallest absolute Gasteiger partial charge is 0.0765 e. The Balaban J connectivity index is 3.18. The van der Waals surface area contributed by atoms with Crippen molar-refractivity contribution in [2.45, 2.75) is 90.1 Å². The quantitative estimate of drug-likeness (QED) is 0.418. The molecule has 0 aromatic carbocycles. The van der Waals surface area contributed by atoms with Crippen LogP contribution in [-0.4, -0.2) is 37.5 Å². The van der Waals surface area contributed by atoms with E-state index in [1.54, 1.807) is 7.11 Å². The van der Waals surface area contributed by atoms with Crippen LogP contribution in [0.4, 0.5) is 0 Å². The lowest BCUT2D eigenvalue weighted by atomic mass is 10.0. The van der Waals surface area contributed by atoms with Crippen LogP contribution < -0.4 is 5.32 Å². The fourth-order valence-electron chi connectivity index (χ4n) is 2.51. The van der Waals surface area contributed by atoms with Gasteiger partial charge in [-0.1, -0.05) is 64.7 Å². The molecule has 0 heterocycles. The van der Waals surface area contributed by atoms with Gasteiger partial charge in [-0.25, -0.2) is 0 Å². The molecule has 0 aliphatic heterocycles. The molecule has 0 amide bonds. The summed E-state index contributed by atoms with van der Waals surface area (Å²) < 4.78 is 5.00. The van der Waals surface area contributed by atoms with Crippen LogP contribution in [0.2, 0.25) is 0 Å². The van der Waals surface area contributed by atoms with Crippen molar-refractivity contribution < 1.29 is 9.84 Å². The van der Waals surface area contributed by atoms with E-state index < -0.39 is 5.60 Å². The number of unbranched alkanes of at least 4 members (excludes halogenated alkanes) is 9. The third-order valence-corrected chi connectivity index (χ3v) is 4.06. The van der Waals surface area contributed by atoms with E-state index in [4.69, 9.17) is 4.74 Å². The number of methoxy groups -OCH3 is 1. The molecule has 0 fully saturated rings. The lowest BCUT2D eigenvalue weighted by Crippen LogP contribution is -2.39. The third-order valence-electron chi connectivity index (χ3n) is 4.06. The summed E-state index contributed by atoms with van der Waals surface area (Å²) in [7, 11) is 1.67. The van der Waals surface area contributed by atoms with Crippen molar-refractivity contribution in [2.24, 2.45) is 0 Å². The van der Waals surface area contributed by atoms with Gasteiger partial charge in [-0.15, -0.1) is 0 Å². The first-order chi connectivity index (χ1) is 10.1. The number of hydrogen-bond donors (Lipinski definition) is 2. The minimum absolute atomic E-state index is 0.618. The number of nitrogens with one attached hydrogen (secondary N) is 1. The van der Waals surface area contributed by atoms with Crippen molar-refractivity contribution in [1.29, 1.82) is 0 Å². The largest absolute Gasteiger partial charge is 0.389 e. The Kier molecular flexibility index (Phi) is 14.7. The van der Waals surface area contributed by atoms with Gasteiger partial charge in [0.05, 0.1) is 5.60 Å². The summed E-state index contributed by atoms with van der Waals surface area (Å²) in [5.41, 5.74) is -0.644. The summed E-state index contributed by atoms with van der Waals surface area (Å²) in [6, 6.07) is 0. The van der Waals surface area contributed by atoms with Crippen LogP contribution in [-0.2, 0) is 4.74 Å². The first-order valence-corrected chi connectivity index (χ1v) is 9.04. The molecule has 3 nitrogen and oxygen atoms in total. The summed E-state index contributed by atoms with van der Waals surface area (Å²) in [5, 5.41) is 13.4. The highest BCUT2D eigenvalue weighted by Gasteiger charge is 2.18. The molecule has 0 aromatic rings. The summed E-state index contributed by atoms with van der Waals surface area (Å²) in [4.78, 5) is 0. The van der Waals surface area contributed by atoms with Crippen molar-refractivity contribution in [2.75, 3.05) is 26.8 Å². The highest BCUT2D eigenvalue weighted by molar-refractivity contribution is 4.74. The molecule has 0 saturated carbocycles. The van der Waals surface area contributed by atoms with Gasteiger partial charge in [0, 0.05) is 26.7 Å². The standard InChI is InChI=1S/C18H39NO2/c1-4-5-6-7-8-9-10-11-12-13-15-19-17-18(2,20)14-16-21-3/h19-20H,4-17H2,1-3H3. The van der Waals surface area contributed by atoms with Gasteiger partial charge in [0.25, 0.3) is 0 Å². The number of ether oxygens (including phenoxy) is 1. The molecule has 0 saturated heterocycles. The minimum atomic E-state index is -0.644. The fourth-order valence-corrected chi connectivity index (χ4v) is 2.51. The Morgan fingerprint density at radius 3 is 1.95 bits per heavy atom. The average Bonchev–Trinajstić information content (AvgIpc) is 2.46. The van der Waals surface area contributed by atoms with E-state index in [0.29, 0.717) is 19.6 Å². The van der Waals surface area contributed by atoms with Crippen molar-refractivity contribution >= 4 is 0 Å². The molecule has 1 atom stereocenters. The predicted molar refractivity (Wildman–Crippen MR) is 91.8 cm³/mol. The van der Waals surface area contributed by atoms with E-state index in [9.17, 15) is 5.11 Å². The zero-order valence-electron chi connectivity index (χ0n) is 14.8. The van der Waals surface area contributed by atoms with Gasteiger partial charge >= 0.3 is 0 Å². The Labute approximate surface area is 132 Å². The highest BCUT2D eigenvalue weighted by Crippen LogP contribution is 2.10. The lowest BCUT2D eigenvalue weighted by molar-refractivity contribution is 0.0251. The second-order valence-corrected chi connectivity index (χ2v) is 6.60. The number of rotatable bonds is 16. The molecule has 3 heteroatoms. The minimum Gasteiger partial charge on any atom is -0.389 e. The van der Waals surface area contributed by atoms with E-state index >= 15 is 0 Å². The van der Waals surface area contributed by atoms with E-state index in [2.05, 4.69) is 12.2 Å². The molecule has 2 N–H and O–H groups in total. The van der Waals surface area contributed by atoms with Crippen molar-refractivity contribution in [3.63, 3.8) is 0 Å². The van der Waals surface area contributed by atoms with E-state index in [1.165, 1.54) is 64.2 Å². The Hall–Kier alpha value is -0.120. The van der Waals surface area contributed by atoms with Crippen LogP contribution in [0, 0.1) is 0 Å². The van der Waals surface area contributed by atoms with Crippen molar-refractivity contribution in [3.8, 4) is 0 Å². The van der Waals surface area contributed by atoms with Gasteiger partial charge in [-0.05, 0) is 19.9 Å². The molecule has 1 unspecified atom stereocenters. The summed E-state index contributed by atoms with van der Waals surface area (Å²) in [6.07, 6.45) is 14.4. The maximum atomic E-state index is 10.1. The van der Waals surface area contributed by atoms with Crippen molar-refractivity contribution in [1.82, 2.24) is 5.32 Å². The summed E-state index contributed by atoms with van der Waals surface area (Å²) >= 11 is 0. The monoisotopic (exact) mass is 301 g/mol. The molecule has 0 radical (unpaired) electrons. The van der Waals surface area contributed by atoms with Crippen LogP contribution in [0.3, 0.4) is 0 Å². The average molecular weight is 302 g/mol. The molecule has 128 valence electrons. The summed E-state index contributed by atoms with van der Waals surface area (Å²) in [5.74, 6) is 0. The second-order valence-electron chi connectivity index (χ2n) is 6.60. The van der Waals surface area contributed by atoms with Gasteiger partial charge < -0.3 is 15.2 Å². The van der Waals surface area contributed by atoms with E-state index in [-0.39, 0.29) is 0 Å². The number of aliphatic hydroxyl groups is 1. The van der Waals surface area contributed by atoms with E-state index in [0.717, 1.165) is 6.54 Å². The summed E-state index contributed by atoms with van der Waals surface area (Å²) in [6.45, 7) is 6.43. The SMILES string of the molecule is CCCCCCCCCCCCNCC(C)(O)CCOC. The molecule has 0 aliphatic carbocycles. The molecule has 0 aromatic heterocycles. The maximum absolute atomic E-state index is 10.1. The molecule has 0 bridgehead atoms. The van der Waals surface area contributed by atoms with Gasteiger partial charge in [0.15, 0.2) is 0 Å². The molecular formula is C18H39NO2. The van der Waals surface area contributed by atoms with Crippen LogP contribution in [0.1, 0.15) is 84.5 Å². The zero-order valence-corrected chi connectivity index (χ0v) is 14.8. The normalized spacial score (nSPS) is 14.3. The topological polar surface area (TPSA) is 41.5 Å². The fraction of sp³-hybridized carbons (Fsp3) is 1.00. The molecule has 0 rings (SSSR count). The van der Waals surface area contributed by atoms with Gasteiger partial charge in [0.2, 0.25) is 0 Å². The number of hydrogen-bond acceptors (Lipinski definition) is 3. The Bertz CT molecular complexity index is 207.